The van der Waals surface area contributed by atoms with E-state index in [9.17, 15) is 0 Å². The van der Waals surface area contributed by atoms with Crippen molar-refractivity contribution in [3.05, 3.63) is 16.5 Å². The van der Waals surface area contributed by atoms with E-state index in [1.165, 1.54) is 0 Å². The van der Waals surface area contributed by atoms with Gasteiger partial charge in [0.25, 0.3) is 0 Å². The number of rotatable bonds is 3. The first-order valence-corrected chi connectivity index (χ1v) is 6.36. The van der Waals surface area contributed by atoms with Crippen molar-refractivity contribution in [1.82, 2.24) is 9.97 Å². The minimum Gasteiger partial charge on any atom is -0.396 e. The van der Waals surface area contributed by atoms with Crippen LogP contribution in [-0.4, -0.2) is 34.8 Å². The molecule has 1 fully saturated rings. The molecule has 0 spiro atoms. The number of hydrogen-bond donors (Lipinski definition) is 1. The van der Waals surface area contributed by atoms with Gasteiger partial charge in [0.2, 0.25) is 0 Å². The standard InChI is InChI=1S/C12H18ClN3O/c1-8-9(2)15-12(11(13)14-8)16-5-3-10(7-16)4-6-17/h10,17H,3-7H2,1-2H3. The fourth-order valence-electron chi connectivity index (χ4n) is 2.21. The topological polar surface area (TPSA) is 49.2 Å². The lowest BCUT2D eigenvalue weighted by Gasteiger charge is -2.19. The molecule has 17 heavy (non-hydrogen) atoms. The number of halogens is 1. The number of nitrogens with zero attached hydrogens (tertiary/aromatic N) is 3. The molecule has 1 unspecified atom stereocenters. The molecule has 2 heterocycles. The Balaban J connectivity index is 2.16. The second-order valence-electron chi connectivity index (χ2n) is 4.62. The van der Waals surface area contributed by atoms with E-state index in [0.29, 0.717) is 11.1 Å². The van der Waals surface area contributed by atoms with Crippen molar-refractivity contribution in [2.75, 3.05) is 24.6 Å². The summed E-state index contributed by atoms with van der Waals surface area (Å²) in [5.74, 6) is 1.33. The van der Waals surface area contributed by atoms with Crippen molar-refractivity contribution < 1.29 is 5.11 Å². The van der Waals surface area contributed by atoms with E-state index in [1.54, 1.807) is 0 Å². The summed E-state index contributed by atoms with van der Waals surface area (Å²) in [6, 6.07) is 0. The van der Waals surface area contributed by atoms with E-state index >= 15 is 0 Å². The summed E-state index contributed by atoms with van der Waals surface area (Å²) in [4.78, 5) is 11.0. The van der Waals surface area contributed by atoms with Crippen molar-refractivity contribution in [2.24, 2.45) is 5.92 Å². The van der Waals surface area contributed by atoms with Crippen LogP contribution in [0, 0.1) is 19.8 Å². The highest BCUT2D eigenvalue weighted by Gasteiger charge is 2.25. The lowest BCUT2D eigenvalue weighted by molar-refractivity contribution is 0.263. The molecule has 1 aliphatic heterocycles. The van der Waals surface area contributed by atoms with Crippen LogP contribution in [0.3, 0.4) is 0 Å². The molecular weight excluding hydrogens is 238 g/mol. The van der Waals surface area contributed by atoms with Crippen LogP contribution in [0.2, 0.25) is 5.15 Å². The molecule has 0 amide bonds. The van der Waals surface area contributed by atoms with Crippen molar-refractivity contribution >= 4 is 17.4 Å². The van der Waals surface area contributed by atoms with Gasteiger partial charge in [-0.25, -0.2) is 9.97 Å². The van der Waals surface area contributed by atoms with Gasteiger partial charge < -0.3 is 10.0 Å². The quantitative estimate of drug-likeness (QED) is 0.897. The molecule has 5 heteroatoms. The minimum absolute atomic E-state index is 0.255. The van der Waals surface area contributed by atoms with Gasteiger partial charge in [0.05, 0.1) is 11.4 Å². The lowest BCUT2D eigenvalue weighted by atomic mass is 10.1. The van der Waals surface area contributed by atoms with E-state index < -0.39 is 0 Å². The Morgan fingerprint density at radius 3 is 2.76 bits per heavy atom. The summed E-state index contributed by atoms with van der Waals surface area (Å²) in [7, 11) is 0. The third kappa shape index (κ3) is 2.69. The first kappa shape index (κ1) is 12.6. The van der Waals surface area contributed by atoms with Crippen molar-refractivity contribution in [3.8, 4) is 0 Å². The molecule has 0 saturated carbocycles. The molecule has 1 atom stereocenters. The number of aromatic nitrogens is 2. The van der Waals surface area contributed by atoms with Crippen LogP contribution in [-0.2, 0) is 0 Å². The van der Waals surface area contributed by atoms with Crippen molar-refractivity contribution in [2.45, 2.75) is 26.7 Å². The summed E-state index contributed by atoms with van der Waals surface area (Å²) in [5, 5.41) is 9.43. The molecule has 0 radical (unpaired) electrons. The summed E-state index contributed by atoms with van der Waals surface area (Å²) in [6.45, 7) is 5.98. The van der Waals surface area contributed by atoms with Crippen LogP contribution >= 0.6 is 11.6 Å². The van der Waals surface area contributed by atoms with Gasteiger partial charge in [0.1, 0.15) is 0 Å². The number of aliphatic hydroxyl groups excluding tert-OH is 1. The Bertz CT molecular complexity index is 411. The Labute approximate surface area is 107 Å². The molecule has 0 aromatic carbocycles. The average molecular weight is 256 g/mol. The zero-order chi connectivity index (χ0) is 12.4. The second kappa shape index (κ2) is 5.19. The van der Waals surface area contributed by atoms with Crippen LogP contribution in [0.25, 0.3) is 0 Å². The van der Waals surface area contributed by atoms with E-state index in [2.05, 4.69) is 14.9 Å². The maximum absolute atomic E-state index is 8.95. The van der Waals surface area contributed by atoms with Crippen LogP contribution < -0.4 is 4.90 Å². The largest absolute Gasteiger partial charge is 0.396 e. The number of anilines is 1. The molecule has 94 valence electrons. The van der Waals surface area contributed by atoms with E-state index in [4.69, 9.17) is 16.7 Å². The van der Waals surface area contributed by atoms with Gasteiger partial charge in [-0.05, 0) is 32.6 Å². The van der Waals surface area contributed by atoms with Gasteiger partial charge >= 0.3 is 0 Å². The molecule has 1 aromatic rings. The summed E-state index contributed by atoms with van der Waals surface area (Å²) < 4.78 is 0. The van der Waals surface area contributed by atoms with E-state index in [0.717, 1.165) is 43.1 Å². The van der Waals surface area contributed by atoms with Crippen LogP contribution in [0.5, 0.6) is 0 Å². The Kier molecular flexibility index (Phi) is 3.84. The van der Waals surface area contributed by atoms with Gasteiger partial charge in [-0.15, -0.1) is 0 Å². The highest BCUT2D eigenvalue weighted by atomic mass is 35.5. The Morgan fingerprint density at radius 2 is 2.06 bits per heavy atom. The highest BCUT2D eigenvalue weighted by molar-refractivity contribution is 6.31. The molecule has 1 aliphatic rings. The average Bonchev–Trinajstić information content (AvgIpc) is 2.72. The Hall–Kier alpha value is -0.870. The normalized spacial score (nSPS) is 20.0. The maximum Gasteiger partial charge on any atom is 0.171 e. The monoisotopic (exact) mass is 255 g/mol. The predicted molar refractivity (Wildman–Crippen MR) is 68.5 cm³/mol. The first-order valence-electron chi connectivity index (χ1n) is 5.98. The van der Waals surface area contributed by atoms with E-state index in [-0.39, 0.29) is 6.61 Å². The molecule has 0 bridgehead atoms. The highest BCUT2D eigenvalue weighted by Crippen LogP contribution is 2.29. The minimum atomic E-state index is 0.255. The van der Waals surface area contributed by atoms with E-state index in [1.807, 2.05) is 13.8 Å². The second-order valence-corrected chi connectivity index (χ2v) is 4.98. The van der Waals surface area contributed by atoms with Crippen molar-refractivity contribution in [1.29, 1.82) is 0 Å². The molecule has 2 rings (SSSR count). The zero-order valence-electron chi connectivity index (χ0n) is 10.3. The maximum atomic E-state index is 8.95. The molecule has 1 saturated heterocycles. The van der Waals surface area contributed by atoms with Gasteiger partial charge in [-0.2, -0.15) is 0 Å². The number of hydrogen-bond acceptors (Lipinski definition) is 4. The van der Waals surface area contributed by atoms with Crippen LogP contribution in [0.15, 0.2) is 0 Å². The first-order chi connectivity index (χ1) is 8.11. The number of aliphatic hydroxyl groups is 1. The summed E-state index contributed by atoms with van der Waals surface area (Å²) in [5.41, 5.74) is 1.81. The van der Waals surface area contributed by atoms with Gasteiger partial charge in [0.15, 0.2) is 11.0 Å². The molecule has 1 N–H and O–H groups in total. The molecule has 0 aliphatic carbocycles. The fourth-order valence-corrected chi connectivity index (χ4v) is 2.50. The molecular formula is C12H18ClN3O. The van der Waals surface area contributed by atoms with Crippen molar-refractivity contribution in [3.63, 3.8) is 0 Å². The third-order valence-corrected chi connectivity index (χ3v) is 3.62. The van der Waals surface area contributed by atoms with Crippen LogP contribution in [0.4, 0.5) is 5.82 Å². The van der Waals surface area contributed by atoms with Gasteiger partial charge in [-0.1, -0.05) is 11.6 Å². The lowest BCUT2D eigenvalue weighted by Crippen LogP contribution is -2.22. The fraction of sp³-hybridized carbons (Fsp3) is 0.667. The smallest absolute Gasteiger partial charge is 0.171 e. The van der Waals surface area contributed by atoms with Gasteiger partial charge in [0, 0.05) is 19.7 Å². The molecule has 4 nitrogen and oxygen atoms in total. The molecule has 1 aromatic heterocycles. The predicted octanol–water partition coefficient (Wildman–Crippen LogP) is 1.96. The van der Waals surface area contributed by atoms with Crippen LogP contribution in [0.1, 0.15) is 24.2 Å². The summed E-state index contributed by atoms with van der Waals surface area (Å²) >= 11 is 6.14. The SMILES string of the molecule is Cc1nc(Cl)c(N2CCC(CCO)C2)nc1C. The van der Waals surface area contributed by atoms with Gasteiger partial charge in [-0.3, -0.25) is 0 Å². The number of aryl methyl sites for hydroxylation is 2. The zero-order valence-corrected chi connectivity index (χ0v) is 11.0. The third-order valence-electron chi connectivity index (χ3n) is 3.37. The summed E-state index contributed by atoms with van der Waals surface area (Å²) in [6.07, 6.45) is 1.94. The Morgan fingerprint density at radius 1 is 1.35 bits per heavy atom.